The number of fused-ring (bicyclic) bond motifs is 1. The molecule has 0 spiro atoms. The molecule has 0 N–H and O–H groups in total. The normalized spacial score (nSPS) is 28.3. The molecule has 3 nitrogen and oxygen atoms in total. The van der Waals surface area contributed by atoms with Crippen LogP contribution in [0.2, 0.25) is 0 Å². The summed E-state index contributed by atoms with van der Waals surface area (Å²) in [7, 11) is 0. The number of carbonyl (C=O) groups excluding carboxylic acids is 1. The smallest absolute Gasteiger partial charge is 0.186 e. The zero-order valence-corrected chi connectivity index (χ0v) is 11.9. The predicted molar refractivity (Wildman–Crippen MR) is 74.6 cm³/mol. The van der Waals surface area contributed by atoms with Gasteiger partial charge in [0, 0.05) is 19.0 Å². The monoisotopic (exact) mass is 264 g/mol. The van der Waals surface area contributed by atoms with E-state index in [2.05, 4.69) is 18.7 Å². The summed E-state index contributed by atoms with van der Waals surface area (Å²) in [5, 5.41) is 1.08. The molecule has 1 aliphatic carbocycles. The molecule has 2 unspecified atom stereocenters. The second-order valence-electron chi connectivity index (χ2n) is 5.73. The number of hydrogen-bond acceptors (Lipinski definition) is 4. The molecule has 1 aliphatic heterocycles. The van der Waals surface area contributed by atoms with Crippen molar-refractivity contribution in [2.75, 3.05) is 11.4 Å². The van der Waals surface area contributed by atoms with Crippen LogP contribution in [0.3, 0.4) is 0 Å². The largest absolute Gasteiger partial charge is 0.345 e. The number of hydrogen-bond donors (Lipinski definition) is 0. The highest BCUT2D eigenvalue weighted by Gasteiger charge is 2.29. The lowest BCUT2D eigenvalue weighted by molar-refractivity contribution is 0.0976. The first-order valence-corrected chi connectivity index (χ1v) is 7.76. The van der Waals surface area contributed by atoms with Crippen molar-refractivity contribution in [2.45, 2.75) is 52.0 Å². The first kappa shape index (κ1) is 12.2. The van der Waals surface area contributed by atoms with Crippen molar-refractivity contribution in [1.29, 1.82) is 0 Å². The van der Waals surface area contributed by atoms with Crippen LogP contribution in [0.4, 0.5) is 5.13 Å². The third-order valence-electron chi connectivity index (χ3n) is 4.12. The number of ketones is 1. The quantitative estimate of drug-likeness (QED) is 0.780. The molecule has 2 heterocycles. The maximum absolute atomic E-state index is 11.9. The van der Waals surface area contributed by atoms with Crippen molar-refractivity contribution >= 4 is 22.3 Å². The molecule has 3 rings (SSSR count). The first-order chi connectivity index (χ1) is 8.65. The Hall–Kier alpha value is -0.900. The van der Waals surface area contributed by atoms with Gasteiger partial charge in [0.2, 0.25) is 0 Å². The standard InChI is InChI=1S/C14H20N2OS/c1-9-6-7-10(2)16(8-9)14-15-11-4-3-5-12(17)13(11)18-14/h9-10H,3-8H2,1-2H3. The number of anilines is 1. The Labute approximate surface area is 112 Å². The fraction of sp³-hybridized carbons (Fsp3) is 0.714. The summed E-state index contributed by atoms with van der Waals surface area (Å²) in [4.78, 5) is 20.0. The number of aryl methyl sites for hydroxylation is 1. The molecule has 4 heteroatoms. The number of thiazole rings is 1. The van der Waals surface area contributed by atoms with Gasteiger partial charge in [0.25, 0.3) is 0 Å². The summed E-state index contributed by atoms with van der Waals surface area (Å²) in [5.74, 6) is 1.04. The number of Topliss-reactive ketones (excluding diaryl/α,β-unsaturated/α-hetero) is 1. The average Bonchev–Trinajstić information content (AvgIpc) is 2.77. The van der Waals surface area contributed by atoms with E-state index < -0.39 is 0 Å². The Morgan fingerprint density at radius 3 is 2.89 bits per heavy atom. The van der Waals surface area contributed by atoms with Crippen molar-refractivity contribution in [3.8, 4) is 0 Å². The number of aromatic nitrogens is 1. The Balaban J connectivity index is 1.90. The molecule has 1 saturated heterocycles. The maximum atomic E-state index is 11.9. The molecule has 98 valence electrons. The third-order valence-corrected chi connectivity index (χ3v) is 5.30. The van der Waals surface area contributed by atoms with Crippen molar-refractivity contribution in [3.63, 3.8) is 0 Å². The summed E-state index contributed by atoms with van der Waals surface area (Å²) >= 11 is 1.62. The molecule has 1 fully saturated rings. The van der Waals surface area contributed by atoms with Crippen LogP contribution in [0.15, 0.2) is 0 Å². The van der Waals surface area contributed by atoms with Gasteiger partial charge >= 0.3 is 0 Å². The van der Waals surface area contributed by atoms with Crippen molar-refractivity contribution < 1.29 is 4.79 Å². The molecule has 0 aromatic carbocycles. The van der Waals surface area contributed by atoms with E-state index in [-0.39, 0.29) is 0 Å². The minimum atomic E-state index is 0.303. The van der Waals surface area contributed by atoms with Crippen molar-refractivity contribution in [2.24, 2.45) is 5.92 Å². The molecular weight excluding hydrogens is 244 g/mol. The fourth-order valence-electron chi connectivity index (χ4n) is 2.93. The van der Waals surface area contributed by atoms with Crippen LogP contribution in [0.25, 0.3) is 0 Å². The Morgan fingerprint density at radius 1 is 1.28 bits per heavy atom. The summed E-state index contributed by atoms with van der Waals surface area (Å²) in [6.45, 7) is 5.66. The van der Waals surface area contributed by atoms with E-state index in [1.807, 2.05) is 0 Å². The summed E-state index contributed by atoms with van der Waals surface area (Å²) in [6, 6.07) is 0.559. The fourth-order valence-corrected chi connectivity index (χ4v) is 4.13. The molecule has 2 aliphatic rings. The average molecular weight is 264 g/mol. The number of nitrogens with zero attached hydrogens (tertiary/aromatic N) is 2. The van der Waals surface area contributed by atoms with Gasteiger partial charge < -0.3 is 4.90 Å². The van der Waals surface area contributed by atoms with Crippen LogP contribution in [0.5, 0.6) is 0 Å². The van der Waals surface area contributed by atoms with Crippen LogP contribution in [0, 0.1) is 5.92 Å². The molecule has 0 saturated carbocycles. The highest BCUT2D eigenvalue weighted by atomic mass is 32.1. The van der Waals surface area contributed by atoms with Gasteiger partial charge in [0.05, 0.1) is 10.6 Å². The third kappa shape index (κ3) is 2.07. The van der Waals surface area contributed by atoms with Crippen LogP contribution in [-0.4, -0.2) is 23.4 Å². The highest BCUT2D eigenvalue weighted by Crippen LogP contribution is 2.35. The lowest BCUT2D eigenvalue weighted by Crippen LogP contribution is -2.41. The Bertz CT molecular complexity index is 468. The second-order valence-corrected chi connectivity index (χ2v) is 6.71. The van der Waals surface area contributed by atoms with Gasteiger partial charge in [-0.25, -0.2) is 4.98 Å². The summed E-state index contributed by atoms with van der Waals surface area (Å²) in [5.41, 5.74) is 1.05. The van der Waals surface area contributed by atoms with Gasteiger partial charge in [0.1, 0.15) is 0 Å². The van der Waals surface area contributed by atoms with Gasteiger partial charge in [-0.1, -0.05) is 18.3 Å². The minimum Gasteiger partial charge on any atom is -0.345 e. The van der Waals surface area contributed by atoms with Crippen LogP contribution < -0.4 is 4.90 Å². The van der Waals surface area contributed by atoms with Crippen molar-refractivity contribution in [1.82, 2.24) is 4.98 Å². The summed E-state index contributed by atoms with van der Waals surface area (Å²) < 4.78 is 0. The van der Waals surface area contributed by atoms with Crippen LogP contribution in [0.1, 0.15) is 54.9 Å². The molecule has 1 aromatic heterocycles. The lowest BCUT2D eigenvalue weighted by Gasteiger charge is -2.36. The van der Waals surface area contributed by atoms with Gasteiger partial charge in [-0.3, -0.25) is 4.79 Å². The number of piperidine rings is 1. The van der Waals surface area contributed by atoms with Crippen molar-refractivity contribution in [3.05, 3.63) is 10.6 Å². The number of carbonyl (C=O) groups is 1. The van der Waals surface area contributed by atoms with E-state index in [9.17, 15) is 4.79 Å². The molecule has 0 radical (unpaired) electrons. The van der Waals surface area contributed by atoms with E-state index in [0.29, 0.717) is 18.2 Å². The van der Waals surface area contributed by atoms with Gasteiger partial charge in [-0.05, 0) is 38.5 Å². The van der Waals surface area contributed by atoms with Gasteiger partial charge in [0.15, 0.2) is 10.9 Å². The summed E-state index contributed by atoms with van der Waals surface area (Å²) in [6.07, 6.45) is 5.21. The van der Waals surface area contributed by atoms with E-state index >= 15 is 0 Å². The maximum Gasteiger partial charge on any atom is 0.186 e. The van der Waals surface area contributed by atoms with Gasteiger partial charge in [-0.2, -0.15) is 0 Å². The van der Waals surface area contributed by atoms with E-state index in [1.54, 1.807) is 11.3 Å². The minimum absolute atomic E-state index is 0.303. The molecule has 1 aromatic rings. The lowest BCUT2D eigenvalue weighted by atomic mass is 9.96. The molecule has 18 heavy (non-hydrogen) atoms. The van der Waals surface area contributed by atoms with Crippen LogP contribution in [-0.2, 0) is 6.42 Å². The molecule has 0 bridgehead atoms. The van der Waals surface area contributed by atoms with Crippen LogP contribution >= 0.6 is 11.3 Å². The molecule has 2 atom stereocenters. The predicted octanol–water partition coefficient (Wildman–Crippen LogP) is 3.29. The highest BCUT2D eigenvalue weighted by molar-refractivity contribution is 7.17. The topological polar surface area (TPSA) is 33.2 Å². The number of rotatable bonds is 1. The van der Waals surface area contributed by atoms with E-state index in [1.165, 1.54) is 12.8 Å². The Kier molecular flexibility index (Phi) is 3.14. The van der Waals surface area contributed by atoms with E-state index in [0.717, 1.165) is 41.0 Å². The van der Waals surface area contributed by atoms with E-state index in [4.69, 9.17) is 4.98 Å². The zero-order chi connectivity index (χ0) is 12.7. The molecule has 0 amide bonds. The SMILES string of the molecule is CC1CCC(C)N(c2nc3c(s2)C(=O)CCC3)C1. The van der Waals surface area contributed by atoms with Gasteiger partial charge in [-0.15, -0.1) is 0 Å². The first-order valence-electron chi connectivity index (χ1n) is 6.94. The second kappa shape index (κ2) is 4.65. The Morgan fingerprint density at radius 2 is 2.11 bits per heavy atom. The molecular formula is C14H20N2OS. The zero-order valence-electron chi connectivity index (χ0n) is 11.1.